The maximum absolute atomic E-state index is 12.5. The van der Waals surface area contributed by atoms with Crippen LogP contribution in [0.25, 0.3) is 0 Å². The third kappa shape index (κ3) is 2.23. The number of halogens is 2. The molecule has 0 atom stereocenters. The van der Waals surface area contributed by atoms with Crippen LogP contribution in [-0.2, 0) is 16.1 Å². The second-order valence-corrected chi connectivity index (χ2v) is 6.51. The van der Waals surface area contributed by atoms with Crippen LogP contribution in [0.4, 0.5) is 0 Å². The highest BCUT2D eigenvalue weighted by Crippen LogP contribution is 2.47. The van der Waals surface area contributed by atoms with Crippen LogP contribution in [0.15, 0.2) is 18.2 Å². The molecule has 0 unspecified atom stereocenters. The van der Waals surface area contributed by atoms with Gasteiger partial charge in [-0.1, -0.05) is 42.1 Å². The van der Waals surface area contributed by atoms with E-state index in [0.29, 0.717) is 16.5 Å². The Labute approximate surface area is 127 Å². The number of nitrogens with zero attached hydrogens (tertiary/aromatic N) is 1. The summed E-state index contributed by atoms with van der Waals surface area (Å²) in [4.78, 5) is 26.1. The zero-order chi connectivity index (χ0) is 14.3. The van der Waals surface area contributed by atoms with E-state index in [1.54, 1.807) is 18.2 Å². The van der Waals surface area contributed by atoms with Gasteiger partial charge in [0.2, 0.25) is 11.8 Å². The van der Waals surface area contributed by atoms with Crippen molar-refractivity contribution < 1.29 is 9.59 Å². The van der Waals surface area contributed by atoms with Crippen molar-refractivity contribution >= 4 is 35.0 Å². The number of carbonyl (C=O) groups is 2. The Kier molecular flexibility index (Phi) is 3.51. The number of rotatable bonds is 2. The second kappa shape index (κ2) is 5.05. The lowest BCUT2D eigenvalue weighted by molar-refractivity contribution is -0.142. The Morgan fingerprint density at radius 1 is 1.10 bits per heavy atom. The molecule has 5 heteroatoms. The van der Waals surface area contributed by atoms with E-state index in [0.717, 1.165) is 31.2 Å². The second-order valence-electron chi connectivity index (χ2n) is 5.70. The SMILES string of the molecule is O=C1CC2(CCCC2)C(=O)N1Cc1ccc(Cl)c(Cl)c1. The van der Waals surface area contributed by atoms with E-state index < -0.39 is 5.41 Å². The van der Waals surface area contributed by atoms with Crippen LogP contribution >= 0.6 is 23.2 Å². The molecular formula is C15H15Cl2NO2. The molecule has 1 aliphatic heterocycles. The van der Waals surface area contributed by atoms with E-state index in [1.165, 1.54) is 4.90 Å². The maximum Gasteiger partial charge on any atom is 0.236 e. The molecule has 0 radical (unpaired) electrons. The van der Waals surface area contributed by atoms with Gasteiger partial charge in [-0.2, -0.15) is 0 Å². The van der Waals surface area contributed by atoms with Crippen molar-refractivity contribution in [3.05, 3.63) is 33.8 Å². The van der Waals surface area contributed by atoms with Gasteiger partial charge in [0.05, 0.1) is 22.0 Å². The van der Waals surface area contributed by atoms with Crippen LogP contribution in [0.1, 0.15) is 37.7 Å². The zero-order valence-electron chi connectivity index (χ0n) is 11.0. The third-order valence-electron chi connectivity index (χ3n) is 4.37. The van der Waals surface area contributed by atoms with Crippen molar-refractivity contribution in [3.63, 3.8) is 0 Å². The molecule has 2 aliphatic rings. The van der Waals surface area contributed by atoms with Crippen molar-refractivity contribution in [2.24, 2.45) is 5.41 Å². The molecule has 0 bridgehead atoms. The minimum Gasteiger partial charge on any atom is -0.278 e. The summed E-state index contributed by atoms with van der Waals surface area (Å²) in [6, 6.07) is 5.20. The molecule has 1 aromatic carbocycles. The molecule has 20 heavy (non-hydrogen) atoms. The average molecular weight is 312 g/mol. The monoisotopic (exact) mass is 311 g/mol. The minimum absolute atomic E-state index is 0.00827. The number of benzene rings is 1. The van der Waals surface area contributed by atoms with Gasteiger partial charge in [0.15, 0.2) is 0 Å². The van der Waals surface area contributed by atoms with Crippen LogP contribution in [0.5, 0.6) is 0 Å². The summed E-state index contributed by atoms with van der Waals surface area (Å²) in [7, 11) is 0. The molecule has 3 nitrogen and oxygen atoms in total. The predicted molar refractivity (Wildman–Crippen MR) is 77.5 cm³/mol. The van der Waals surface area contributed by atoms with Crippen molar-refractivity contribution in [2.75, 3.05) is 0 Å². The first kappa shape index (κ1) is 13.9. The highest BCUT2D eigenvalue weighted by Gasteiger charge is 2.52. The standard InChI is InChI=1S/C15H15Cl2NO2/c16-11-4-3-10(7-12(11)17)9-18-13(19)8-15(14(18)20)5-1-2-6-15/h3-4,7H,1-2,5-6,8-9H2. The summed E-state index contributed by atoms with van der Waals surface area (Å²) < 4.78 is 0. The summed E-state index contributed by atoms with van der Waals surface area (Å²) in [5.41, 5.74) is 0.420. The normalized spacial score (nSPS) is 21.2. The average Bonchev–Trinajstić information content (AvgIpc) is 2.96. The molecule has 1 spiro atoms. The van der Waals surface area contributed by atoms with Gasteiger partial charge in [0, 0.05) is 6.42 Å². The molecule has 0 N–H and O–H groups in total. The third-order valence-corrected chi connectivity index (χ3v) is 5.11. The smallest absolute Gasteiger partial charge is 0.236 e. The van der Waals surface area contributed by atoms with Gasteiger partial charge in [-0.3, -0.25) is 14.5 Å². The zero-order valence-corrected chi connectivity index (χ0v) is 12.5. The van der Waals surface area contributed by atoms with Crippen LogP contribution in [0, 0.1) is 5.41 Å². The molecule has 1 saturated heterocycles. The first-order chi connectivity index (χ1) is 9.52. The van der Waals surface area contributed by atoms with Crippen molar-refractivity contribution in [1.82, 2.24) is 4.90 Å². The molecule has 3 rings (SSSR count). The Morgan fingerprint density at radius 2 is 1.80 bits per heavy atom. The fraction of sp³-hybridized carbons (Fsp3) is 0.467. The lowest BCUT2D eigenvalue weighted by atomic mass is 9.84. The van der Waals surface area contributed by atoms with E-state index in [-0.39, 0.29) is 18.4 Å². The van der Waals surface area contributed by atoms with Gasteiger partial charge in [0.1, 0.15) is 0 Å². The Morgan fingerprint density at radius 3 is 2.45 bits per heavy atom. The quantitative estimate of drug-likeness (QED) is 0.779. The van der Waals surface area contributed by atoms with Crippen LogP contribution < -0.4 is 0 Å². The molecule has 106 valence electrons. The summed E-state index contributed by atoms with van der Waals surface area (Å²) in [6.07, 6.45) is 4.14. The molecular weight excluding hydrogens is 297 g/mol. The molecule has 1 aliphatic carbocycles. The van der Waals surface area contributed by atoms with Gasteiger partial charge in [-0.15, -0.1) is 0 Å². The van der Waals surface area contributed by atoms with Crippen LogP contribution in [-0.4, -0.2) is 16.7 Å². The molecule has 1 aromatic rings. The Bertz CT molecular complexity index is 579. The fourth-order valence-electron chi connectivity index (χ4n) is 3.28. The van der Waals surface area contributed by atoms with Crippen molar-refractivity contribution in [2.45, 2.75) is 38.6 Å². The van der Waals surface area contributed by atoms with Crippen molar-refractivity contribution in [3.8, 4) is 0 Å². The first-order valence-corrected chi connectivity index (χ1v) is 7.56. The molecule has 2 amide bonds. The predicted octanol–water partition coefficient (Wildman–Crippen LogP) is 3.81. The molecule has 1 heterocycles. The summed E-state index contributed by atoms with van der Waals surface area (Å²) in [5.74, 6) is -0.0750. The van der Waals surface area contributed by atoms with Crippen molar-refractivity contribution in [1.29, 1.82) is 0 Å². The lowest BCUT2D eigenvalue weighted by Crippen LogP contribution is -2.33. The van der Waals surface area contributed by atoms with Gasteiger partial charge >= 0.3 is 0 Å². The minimum atomic E-state index is -0.409. The number of carbonyl (C=O) groups excluding carboxylic acids is 2. The summed E-state index contributed by atoms with van der Waals surface area (Å²) >= 11 is 11.8. The largest absolute Gasteiger partial charge is 0.278 e. The topological polar surface area (TPSA) is 37.4 Å². The molecule has 0 aromatic heterocycles. The first-order valence-electron chi connectivity index (χ1n) is 6.81. The van der Waals surface area contributed by atoms with E-state index in [1.807, 2.05) is 0 Å². The number of amides is 2. The number of hydrogen-bond donors (Lipinski definition) is 0. The van der Waals surface area contributed by atoms with Gasteiger partial charge in [-0.05, 0) is 30.5 Å². The highest BCUT2D eigenvalue weighted by molar-refractivity contribution is 6.42. The van der Waals surface area contributed by atoms with E-state index >= 15 is 0 Å². The van der Waals surface area contributed by atoms with E-state index in [4.69, 9.17) is 23.2 Å². The highest BCUT2D eigenvalue weighted by atomic mass is 35.5. The van der Waals surface area contributed by atoms with E-state index in [2.05, 4.69) is 0 Å². The fourth-order valence-corrected chi connectivity index (χ4v) is 3.60. The van der Waals surface area contributed by atoms with Gasteiger partial charge in [0.25, 0.3) is 0 Å². The summed E-state index contributed by atoms with van der Waals surface area (Å²) in [6.45, 7) is 0.288. The maximum atomic E-state index is 12.5. The van der Waals surface area contributed by atoms with Crippen LogP contribution in [0.2, 0.25) is 10.0 Å². The number of likely N-dealkylation sites (tertiary alicyclic amines) is 1. The van der Waals surface area contributed by atoms with Crippen LogP contribution in [0.3, 0.4) is 0 Å². The van der Waals surface area contributed by atoms with E-state index in [9.17, 15) is 9.59 Å². The van der Waals surface area contributed by atoms with Gasteiger partial charge < -0.3 is 0 Å². The van der Waals surface area contributed by atoms with Gasteiger partial charge in [-0.25, -0.2) is 0 Å². The molecule has 2 fully saturated rings. The Balaban J connectivity index is 1.82. The summed E-state index contributed by atoms with van der Waals surface area (Å²) in [5, 5.41) is 0.917. The number of hydrogen-bond acceptors (Lipinski definition) is 2. The Hall–Kier alpha value is -1.06. The lowest BCUT2D eigenvalue weighted by Gasteiger charge is -2.21. The molecule has 1 saturated carbocycles. The number of imide groups is 1.